The van der Waals surface area contributed by atoms with Crippen LogP contribution in [0.2, 0.25) is 0 Å². The molecule has 5 rings (SSSR count). The van der Waals surface area contributed by atoms with Gasteiger partial charge in [0.25, 0.3) is 0 Å². The van der Waals surface area contributed by atoms with Gasteiger partial charge in [0.2, 0.25) is 11.8 Å². The van der Waals surface area contributed by atoms with Crippen LogP contribution in [0.1, 0.15) is 41.8 Å². The molecule has 2 aromatic heterocycles. The third-order valence-corrected chi connectivity index (χ3v) is 7.29. The maximum atomic E-state index is 13.0. The Bertz CT molecular complexity index is 1390. The van der Waals surface area contributed by atoms with Crippen LogP contribution in [-0.2, 0) is 22.4 Å². The average molecular weight is 484 g/mol. The SMILES string of the molecule is Cc1nc2c3ccccc3nn2c(C)c1CCC(=O)N1CCN(C(=O)CCCc2ccccc2)CC1. The lowest BCUT2D eigenvalue weighted by Crippen LogP contribution is -2.50. The molecule has 0 saturated carbocycles. The minimum Gasteiger partial charge on any atom is -0.339 e. The molecule has 0 bridgehead atoms. The second-order valence-corrected chi connectivity index (χ2v) is 9.61. The summed E-state index contributed by atoms with van der Waals surface area (Å²) in [5.41, 5.74) is 6.11. The second kappa shape index (κ2) is 10.5. The molecule has 1 saturated heterocycles. The van der Waals surface area contributed by atoms with Gasteiger partial charge in [-0.3, -0.25) is 9.59 Å². The van der Waals surface area contributed by atoms with Crippen LogP contribution >= 0.6 is 0 Å². The fourth-order valence-corrected chi connectivity index (χ4v) is 5.18. The number of aryl methyl sites for hydroxylation is 3. The molecule has 0 spiro atoms. The maximum Gasteiger partial charge on any atom is 0.223 e. The minimum absolute atomic E-state index is 0.135. The molecule has 0 radical (unpaired) electrons. The number of nitrogens with zero attached hydrogens (tertiary/aromatic N) is 5. The summed E-state index contributed by atoms with van der Waals surface area (Å²) in [4.78, 5) is 34.2. The van der Waals surface area contributed by atoms with Gasteiger partial charge in [-0.1, -0.05) is 42.5 Å². The predicted octanol–water partition coefficient (Wildman–Crippen LogP) is 4.13. The van der Waals surface area contributed by atoms with Gasteiger partial charge in [-0.15, -0.1) is 0 Å². The molecule has 36 heavy (non-hydrogen) atoms. The van der Waals surface area contributed by atoms with E-state index in [9.17, 15) is 9.59 Å². The van der Waals surface area contributed by atoms with Crippen molar-refractivity contribution < 1.29 is 9.59 Å². The molecule has 2 aromatic carbocycles. The van der Waals surface area contributed by atoms with Gasteiger partial charge in [0, 0.05) is 55.8 Å². The lowest BCUT2D eigenvalue weighted by Gasteiger charge is -2.35. The van der Waals surface area contributed by atoms with E-state index in [1.807, 2.05) is 63.7 Å². The first-order valence-corrected chi connectivity index (χ1v) is 12.8. The van der Waals surface area contributed by atoms with Crippen LogP contribution in [0, 0.1) is 13.8 Å². The number of piperazine rings is 1. The molecule has 0 aliphatic carbocycles. The fourth-order valence-electron chi connectivity index (χ4n) is 5.18. The Labute approximate surface area is 211 Å². The summed E-state index contributed by atoms with van der Waals surface area (Å²) >= 11 is 0. The van der Waals surface area contributed by atoms with E-state index in [0.717, 1.165) is 46.3 Å². The lowest BCUT2D eigenvalue weighted by atomic mass is 10.1. The zero-order valence-electron chi connectivity index (χ0n) is 21.1. The number of hydrogen-bond donors (Lipinski definition) is 0. The molecule has 1 fully saturated rings. The summed E-state index contributed by atoms with van der Waals surface area (Å²) in [7, 11) is 0. The van der Waals surface area contributed by atoms with E-state index in [0.29, 0.717) is 45.4 Å². The van der Waals surface area contributed by atoms with E-state index < -0.39 is 0 Å². The molecule has 7 heteroatoms. The van der Waals surface area contributed by atoms with Crippen LogP contribution in [0.5, 0.6) is 0 Å². The number of carbonyl (C=O) groups is 2. The Hall–Kier alpha value is -3.74. The Morgan fingerprint density at radius 3 is 2.17 bits per heavy atom. The van der Waals surface area contributed by atoms with Crippen molar-refractivity contribution in [2.75, 3.05) is 26.2 Å². The molecule has 1 aliphatic heterocycles. The van der Waals surface area contributed by atoms with Gasteiger partial charge < -0.3 is 9.80 Å². The summed E-state index contributed by atoms with van der Waals surface area (Å²) in [5.74, 6) is 0.325. The highest BCUT2D eigenvalue weighted by atomic mass is 16.2. The molecule has 7 nitrogen and oxygen atoms in total. The normalized spacial score (nSPS) is 14.1. The maximum absolute atomic E-state index is 13.0. The molecule has 186 valence electrons. The third-order valence-electron chi connectivity index (χ3n) is 7.29. The van der Waals surface area contributed by atoms with E-state index in [-0.39, 0.29) is 11.8 Å². The molecule has 4 aromatic rings. The zero-order valence-corrected chi connectivity index (χ0v) is 21.1. The van der Waals surface area contributed by atoms with Gasteiger partial charge in [0.05, 0.1) is 5.52 Å². The summed E-state index contributed by atoms with van der Waals surface area (Å²) in [6.07, 6.45) is 3.39. The standard InChI is InChI=1S/C29H33N5O2/c1-21-24(22(2)34-29(30-21)25-12-6-7-13-26(25)31-34)15-16-28(36)33-19-17-32(18-20-33)27(35)14-8-11-23-9-4-3-5-10-23/h3-7,9-10,12-13H,8,11,14-20H2,1-2H3. The highest BCUT2D eigenvalue weighted by Gasteiger charge is 2.24. The van der Waals surface area contributed by atoms with Gasteiger partial charge in [-0.2, -0.15) is 5.10 Å². The van der Waals surface area contributed by atoms with Gasteiger partial charge in [0.1, 0.15) is 0 Å². The summed E-state index contributed by atoms with van der Waals surface area (Å²) in [5, 5.41) is 5.76. The van der Waals surface area contributed by atoms with Crippen LogP contribution in [0.15, 0.2) is 54.6 Å². The van der Waals surface area contributed by atoms with E-state index in [4.69, 9.17) is 10.1 Å². The third kappa shape index (κ3) is 4.96. The van der Waals surface area contributed by atoms with Crippen LogP contribution in [-0.4, -0.2) is 62.4 Å². The average Bonchev–Trinajstić information content (AvgIpc) is 3.28. The van der Waals surface area contributed by atoms with Crippen molar-refractivity contribution in [2.24, 2.45) is 0 Å². The topological polar surface area (TPSA) is 70.8 Å². The van der Waals surface area contributed by atoms with Crippen LogP contribution in [0.25, 0.3) is 16.6 Å². The Morgan fingerprint density at radius 1 is 0.806 bits per heavy atom. The number of aromatic nitrogens is 3. The van der Waals surface area contributed by atoms with E-state index >= 15 is 0 Å². The predicted molar refractivity (Wildman–Crippen MR) is 141 cm³/mol. The van der Waals surface area contributed by atoms with Crippen molar-refractivity contribution in [1.29, 1.82) is 0 Å². The Morgan fingerprint density at radius 2 is 1.44 bits per heavy atom. The van der Waals surface area contributed by atoms with Crippen molar-refractivity contribution in [2.45, 2.75) is 46.0 Å². The van der Waals surface area contributed by atoms with Crippen molar-refractivity contribution in [1.82, 2.24) is 24.4 Å². The van der Waals surface area contributed by atoms with Gasteiger partial charge >= 0.3 is 0 Å². The van der Waals surface area contributed by atoms with E-state index in [2.05, 4.69) is 19.1 Å². The van der Waals surface area contributed by atoms with Crippen LogP contribution in [0.3, 0.4) is 0 Å². The molecule has 3 heterocycles. The lowest BCUT2D eigenvalue weighted by molar-refractivity contribution is -0.139. The highest BCUT2D eigenvalue weighted by Crippen LogP contribution is 2.23. The number of benzene rings is 2. The summed E-state index contributed by atoms with van der Waals surface area (Å²) < 4.78 is 1.90. The van der Waals surface area contributed by atoms with Crippen molar-refractivity contribution >= 4 is 28.4 Å². The number of rotatable bonds is 7. The van der Waals surface area contributed by atoms with Crippen molar-refractivity contribution in [3.8, 4) is 0 Å². The molecule has 0 atom stereocenters. The van der Waals surface area contributed by atoms with Crippen molar-refractivity contribution in [3.05, 3.63) is 77.1 Å². The Kier molecular flexibility index (Phi) is 6.98. The molecular formula is C29H33N5O2. The van der Waals surface area contributed by atoms with Crippen molar-refractivity contribution in [3.63, 3.8) is 0 Å². The molecule has 0 unspecified atom stereocenters. The quantitative estimate of drug-likeness (QED) is 0.396. The number of carbonyl (C=O) groups excluding carboxylic acids is 2. The van der Waals surface area contributed by atoms with Crippen LogP contribution in [0.4, 0.5) is 0 Å². The molecule has 0 N–H and O–H groups in total. The molecule has 1 aliphatic rings. The minimum atomic E-state index is 0.135. The zero-order chi connectivity index (χ0) is 25.1. The fraction of sp³-hybridized carbons (Fsp3) is 0.379. The number of hydrogen-bond acceptors (Lipinski definition) is 4. The summed E-state index contributed by atoms with van der Waals surface area (Å²) in [6, 6.07) is 18.3. The van der Waals surface area contributed by atoms with E-state index in [1.165, 1.54) is 5.56 Å². The van der Waals surface area contributed by atoms with Gasteiger partial charge in [-0.25, -0.2) is 9.50 Å². The largest absolute Gasteiger partial charge is 0.339 e. The molecular weight excluding hydrogens is 450 g/mol. The first kappa shape index (κ1) is 24.0. The number of fused-ring (bicyclic) bond motifs is 3. The highest BCUT2D eigenvalue weighted by molar-refractivity contribution is 5.92. The first-order valence-electron chi connectivity index (χ1n) is 12.8. The van der Waals surface area contributed by atoms with Gasteiger partial charge in [-0.05, 0) is 56.4 Å². The number of amides is 2. The molecule has 2 amide bonds. The Balaban J connectivity index is 1.13. The van der Waals surface area contributed by atoms with Crippen LogP contribution < -0.4 is 0 Å². The van der Waals surface area contributed by atoms with Gasteiger partial charge in [0.15, 0.2) is 5.65 Å². The monoisotopic (exact) mass is 483 g/mol. The summed E-state index contributed by atoms with van der Waals surface area (Å²) in [6.45, 7) is 6.49. The second-order valence-electron chi connectivity index (χ2n) is 9.61. The van der Waals surface area contributed by atoms with E-state index in [1.54, 1.807) is 0 Å². The first-order chi connectivity index (χ1) is 17.5. The smallest absolute Gasteiger partial charge is 0.223 e.